The Morgan fingerprint density at radius 1 is 1.47 bits per heavy atom. The van der Waals surface area contributed by atoms with Gasteiger partial charge >= 0.3 is 0 Å². The third kappa shape index (κ3) is 2.56. The van der Waals surface area contributed by atoms with Crippen molar-refractivity contribution in [3.05, 3.63) is 41.7 Å². The van der Waals surface area contributed by atoms with Gasteiger partial charge in [-0.1, -0.05) is 0 Å². The lowest BCUT2D eigenvalue weighted by Crippen LogP contribution is -2.31. The fourth-order valence-corrected chi connectivity index (χ4v) is 1.94. The molecule has 0 saturated heterocycles. The van der Waals surface area contributed by atoms with Crippen LogP contribution in [-0.2, 0) is 6.54 Å². The molecule has 0 fully saturated rings. The van der Waals surface area contributed by atoms with Crippen molar-refractivity contribution < 1.29 is 9.13 Å². The van der Waals surface area contributed by atoms with Gasteiger partial charge in [0.25, 0.3) is 0 Å². The molecule has 2 aromatic rings. The summed E-state index contributed by atoms with van der Waals surface area (Å²) in [5, 5.41) is 4.21. The third-order valence-electron chi connectivity index (χ3n) is 2.85. The van der Waals surface area contributed by atoms with E-state index >= 15 is 0 Å². The maximum absolute atomic E-state index is 12.9. The Morgan fingerprint density at radius 3 is 2.79 bits per heavy atom. The van der Waals surface area contributed by atoms with Crippen LogP contribution in [0.1, 0.15) is 24.4 Å². The van der Waals surface area contributed by atoms with Crippen LogP contribution in [0.5, 0.6) is 5.75 Å². The molecule has 1 atom stereocenters. The minimum absolute atomic E-state index is 0.393. The van der Waals surface area contributed by atoms with Gasteiger partial charge < -0.3 is 4.74 Å². The first kappa shape index (κ1) is 13.4. The SMILES string of the molecule is CCn1ncc(OC)c1C(NN)c1ccc(F)cn1. The average molecular weight is 265 g/mol. The van der Waals surface area contributed by atoms with E-state index in [-0.39, 0.29) is 0 Å². The van der Waals surface area contributed by atoms with Crippen molar-refractivity contribution in [2.75, 3.05) is 7.11 Å². The van der Waals surface area contributed by atoms with Crippen LogP contribution in [0.2, 0.25) is 0 Å². The third-order valence-corrected chi connectivity index (χ3v) is 2.85. The summed E-state index contributed by atoms with van der Waals surface area (Å²) in [7, 11) is 1.56. The molecule has 102 valence electrons. The molecule has 0 spiro atoms. The van der Waals surface area contributed by atoms with Crippen molar-refractivity contribution in [1.29, 1.82) is 0 Å². The monoisotopic (exact) mass is 265 g/mol. The van der Waals surface area contributed by atoms with Gasteiger partial charge in [0.05, 0.1) is 25.2 Å². The van der Waals surface area contributed by atoms with Crippen molar-refractivity contribution in [2.45, 2.75) is 19.5 Å². The van der Waals surface area contributed by atoms with Crippen LogP contribution < -0.4 is 16.0 Å². The van der Waals surface area contributed by atoms with Crippen molar-refractivity contribution in [1.82, 2.24) is 20.2 Å². The summed E-state index contributed by atoms with van der Waals surface area (Å²) in [6.07, 6.45) is 2.77. The molecular formula is C12H16FN5O. The van der Waals surface area contributed by atoms with Gasteiger partial charge in [-0.25, -0.2) is 9.82 Å². The van der Waals surface area contributed by atoms with E-state index in [1.807, 2.05) is 6.92 Å². The molecule has 0 aliphatic carbocycles. The van der Waals surface area contributed by atoms with Crippen molar-refractivity contribution >= 4 is 0 Å². The normalized spacial score (nSPS) is 12.4. The maximum atomic E-state index is 12.9. The number of pyridine rings is 1. The summed E-state index contributed by atoms with van der Waals surface area (Å²) in [6.45, 7) is 2.62. The molecule has 0 aliphatic heterocycles. The zero-order valence-corrected chi connectivity index (χ0v) is 10.8. The van der Waals surface area contributed by atoms with Crippen LogP contribution in [-0.4, -0.2) is 21.9 Å². The summed E-state index contributed by atoms with van der Waals surface area (Å²) < 4.78 is 20.0. The Hall–Kier alpha value is -1.99. The number of methoxy groups -OCH3 is 1. The molecule has 19 heavy (non-hydrogen) atoms. The molecule has 0 aliphatic rings. The van der Waals surface area contributed by atoms with Gasteiger partial charge in [-0.05, 0) is 19.1 Å². The zero-order valence-electron chi connectivity index (χ0n) is 10.8. The molecule has 6 nitrogen and oxygen atoms in total. The molecule has 0 aromatic carbocycles. The van der Waals surface area contributed by atoms with Crippen LogP contribution in [0.4, 0.5) is 4.39 Å². The second-order valence-corrected chi connectivity index (χ2v) is 3.91. The molecule has 0 bridgehead atoms. The van der Waals surface area contributed by atoms with Gasteiger partial charge in [0.2, 0.25) is 0 Å². The lowest BCUT2D eigenvalue weighted by molar-refractivity contribution is 0.398. The Kier molecular flexibility index (Phi) is 4.08. The number of halogens is 1. The molecular weight excluding hydrogens is 249 g/mol. The zero-order chi connectivity index (χ0) is 13.8. The fourth-order valence-electron chi connectivity index (χ4n) is 1.94. The molecule has 0 amide bonds. The van der Waals surface area contributed by atoms with Gasteiger partial charge in [0.15, 0.2) is 5.75 Å². The maximum Gasteiger partial charge on any atom is 0.162 e. The summed E-state index contributed by atoms with van der Waals surface area (Å²) in [4.78, 5) is 4.04. The van der Waals surface area contributed by atoms with Crippen LogP contribution in [0.15, 0.2) is 24.5 Å². The Balaban J connectivity index is 2.46. The van der Waals surface area contributed by atoms with E-state index in [2.05, 4.69) is 15.5 Å². The summed E-state index contributed by atoms with van der Waals surface area (Å²) in [5.41, 5.74) is 4.01. The summed E-state index contributed by atoms with van der Waals surface area (Å²) >= 11 is 0. The van der Waals surface area contributed by atoms with E-state index < -0.39 is 11.9 Å². The number of aromatic nitrogens is 3. The van der Waals surface area contributed by atoms with E-state index in [0.29, 0.717) is 18.0 Å². The quantitative estimate of drug-likeness (QED) is 0.623. The number of aryl methyl sites for hydroxylation is 1. The minimum Gasteiger partial charge on any atom is -0.493 e. The first-order chi connectivity index (χ1) is 9.21. The van der Waals surface area contributed by atoms with E-state index in [1.54, 1.807) is 24.1 Å². The standard InChI is InChI=1S/C12H16FN5O/c1-3-18-12(10(19-2)7-16-18)11(17-14)9-5-4-8(13)6-15-9/h4-7,11,17H,3,14H2,1-2H3. The largest absolute Gasteiger partial charge is 0.493 e. The number of ether oxygens (including phenoxy) is 1. The van der Waals surface area contributed by atoms with Crippen molar-refractivity contribution in [3.8, 4) is 5.75 Å². The molecule has 7 heteroatoms. The Bertz CT molecular complexity index is 518. The Morgan fingerprint density at radius 2 is 2.26 bits per heavy atom. The smallest absolute Gasteiger partial charge is 0.162 e. The van der Waals surface area contributed by atoms with Crippen LogP contribution in [0.3, 0.4) is 0 Å². The number of hydrazine groups is 1. The summed E-state index contributed by atoms with van der Waals surface area (Å²) in [5.74, 6) is 5.82. The first-order valence-electron chi connectivity index (χ1n) is 5.88. The second kappa shape index (κ2) is 5.77. The fraction of sp³-hybridized carbons (Fsp3) is 0.333. The van der Waals surface area contributed by atoms with Gasteiger partial charge in [0, 0.05) is 6.54 Å². The average Bonchev–Trinajstić information content (AvgIpc) is 2.85. The molecule has 2 rings (SSSR count). The molecule has 2 aromatic heterocycles. The summed E-state index contributed by atoms with van der Waals surface area (Å²) in [6, 6.07) is 2.50. The predicted molar refractivity (Wildman–Crippen MR) is 67.8 cm³/mol. The molecule has 2 heterocycles. The highest BCUT2D eigenvalue weighted by Crippen LogP contribution is 2.28. The number of rotatable bonds is 5. The van der Waals surface area contributed by atoms with E-state index in [1.165, 1.54) is 6.07 Å². The number of nitrogens with zero attached hydrogens (tertiary/aromatic N) is 3. The molecule has 0 saturated carbocycles. The van der Waals surface area contributed by atoms with Gasteiger partial charge in [-0.2, -0.15) is 5.10 Å². The second-order valence-electron chi connectivity index (χ2n) is 3.91. The van der Waals surface area contributed by atoms with Crippen LogP contribution in [0, 0.1) is 5.82 Å². The van der Waals surface area contributed by atoms with Crippen LogP contribution >= 0.6 is 0 Å². The first-order valence-corrected chi connectivity index (χ1v) is 5.88. The predicted octanol–water partition coefficient (Wildman–Crippen LogP) is 0.998. The van der Waals surface area contributed by atoms with Gasteiger partial charge in [-0.15, -0.1) is 0 Å². The van der Waals surface area contributed by atoms with Crippen molar-refractivity contribution in [3.63, 3.8) is 0 Å². The highest BCUT2D eigenvalue weighted by molar-refractivity contribution is 5.33. The van der Waals surface area contributed by atoms with E-state index in [4.69, 9.17) is 10.6 Å². The minimum atomic E-state index is -0.419. The van der Waals surface area contributed by atoms with Gasteiger partial charge in [0.1, 0.15) is 17.6 Å². The number of hydrogen-bond acceptors (Lipinski definition) is 5. The lowest BCUT2D eigenvalue weighted by Gasteiger charge is -2.18. The lowest BCUT2D eigenvalue weighted by atomic mass is 10.1. The molecule has 0 radical (unpaired) electrons. The van der Waals surface area contributed by atoms with Crippen LogP contribution in [0.25, 0.3) is 0 Å². The van der Waals surface area contributed by atoms with Crippen molar-refractivity contribution in [2.24, 2.45) is 5.84 Å². The number of hydrogen-bond donors (Lipinski definition) is 2. The topological polar surface area (TPSA) is 78.0 Å². The van der Waals surface area contributed by atoms with E-state index in [0.717, 1.165) is 11.9 Å². The number of nitrogens with two attached hydrogens (primary N) is 1. The molecule has 1 unspecified atom stereocenters. The highest BCUT2D eigenvalue weighted by Gasteiger charge is 2.23. The Labute approximate surface area is 110 Å². The van der Waals surface area contributed by atoms with Gasteiger partial charge in [-0.3, -0.25) is 15.5 Å². The highest BCUT2D eigenvalue weighted by atomic mass is 19.1. The number of nitrogens with one attached hydrogen (secondary N) is 1. The molecule has 3 N–H and O–H groups in total. The van der Waals surface area contributed by atoms with E-state index in [9.17, 15) is 4.39 Å².